The molecule has 3 aromatic rings. The predicted octanol–water partition coefficient (Wildman–Crippen LogP) is 4.61. The number of hydrogen-bond acceptors (Lipinski definition) is 3. The van der Waals surface area contributed by atoms with Crippen LogP contribution >= 0.6 is 0 Å². The Bertz CT molecular complexity index is 810. The number of rotatable bonds is 2. The summed E-state index contributed by atoms with van der Waals surface area (Å²) in [7, 11) is 0. The van der Waals surface area contributed by atoms with Crippen LogP contribution in [0.15, 0.2) is 90.0 Å². The van der Waals surface area contributed by atoms with Crippen molar-refractivity contribution in [3.8, 4) is 0 Å². The van der Waals surface area contributed by atoms with Crippen LogP contribution in [0.25, 0.3) is 0 Å². The van der Waals surface area contributed by atoms with Gasteiger partial charge in [0.25, 0.3) is 0 Å². The second-order valence-electron chi connectivity index (χ2n) is 5.10. The number of amidine groups is 1. The predicted molar refractivity (Wildman–Crippen MR) is 91.6 cm³/mol. The van der Waals surface area contributed by atoms with Crippen molar-refractivity contribution in [2.45, 2.75) is 0 Å². The zero-order chi connectivity index (χ0) is 14.8. The lowest BCUT2D eigenvalue weighted by Gasteiger charge is -2.28. The summed E-state index contributed by atoms with van der Waals surface area (Å²) in [6.45, 7) is 0. The molecule has 1 aliphatic heterocycles. The molecule has 0 saturated heterocycles. The van der Waals surface area contributed by atoms with Crippen molar-refractivity contribution in [2.24, 2.45) is 5.10 Å². The van der Waals surface area contributed by atoms with E-state index in [-0.39, 0.29) is 0 Å². The van der Waals surface area contributed by atoms with Gasteiger partial charge in [0.1, 0.15) is 0 Å². The Hall–Kier alpha value is -3.07. The average molecular weight is 285 g/mol. The maximum absolute atomic E-state index is 4.80. The molecule has 0 spiro atoms. The molecule has 1 aliphatic rings. The lowest BCUT2D eigenvalue weighted by molar-refractivity contribution is 1.07. The maximum atomic E-state index is 4.80. The van der Waals surface area contributed by atoms with Crippen LogP contribution in [0.4, 0.5) is 17.1 Å². The fourth-order valence-electron chi connectivity index (χ4n) is 2.56. The van der Waals surface area contributed by atoms with E-state index in [9.17, 15) is 0 Å². The molecular formula is C19H15N3. The molecular weight excluding hydrogens is 270 g/mol. The number of hydrogen-bond donors (Lipinski definition) is 1. The number of nitrogens with zero attached hydrogens (tertiary/aromatic N) is 2. The molecule has 0 amide bonds. The van der Waals surface area contributed by atoms with Gasteiger partial charge in [-0.15, -0.1) is 5.10 Å². The number of nitrogens with one attached hydrogen (secondary N) is 1. The van der Waals surface area contributed by atoms with E-state index in [1.54, 1.807) is 0 Å². The topological polar surface area (TPSA) is 27.6 Å². The Kier molecular flexibility index (Phi) is 3.09. The summed E-state index contributed by atoms with van der Waals surface area (Å²) in [6, 6.07) is 28.6. The Morgan fingerprint density at radius 3 is 2.09 bits per heavy atom. The maximum Gasteiger partial charge on any atom is 0.158 e. The fourth-order valence-corrected chi connectivity index (χ4v) is 2.56. The van der Waals surface area contributed by atoms with Gasteiger partial charge >= 0.3 is 0 Å². The average Bonchev–Trinajstić information content (AvgIpc) is 2.62. The van der Waals surface area contributed by atoms with Crippen LogP contribution in [0, 0.1) is 0 Å². The third-order valence-electron chi connectivity index (χ3n) is 3.63. The van der Waals surface area contributed by atoms with Gasteiger partial charge in [-0.05, 0) is 24.3 Å². The van der Waals surface area contributed by atoms with Gasteiger partial charge in [0.05, 0.1) is 17.1 Å². The van der Waals surface area contributed by atoms with Gasteiger partial charge < -0.3 is 5.32 Å². The van der Waals surface area contributed by atoms with Gasteiger partial charge in [-0.3, -0.25) is 0 Å². The minimum atomic E-state index is 0.850. The van der Waals surface area contributed by atoms with Crippen molar-refractivity contribution < 1.29 is 0 Å². The molecule has 3 heteroatoms. The minimum absolute atomic E-state index is 0.850. The largest absolute Gasteiger partial charge is 0.337 e. The van der Waals surface area contributed by atoms with Crippen LogP contribution in [0.1, 0.15) is 5.56 Å². The molecule has 0 aromatic heterocycles. The molecule has 4 rings (SSSR count). The summed E-state index contributed by atoms with van der Waals surface area (Å²) in [5.74, 6) is 0.850. The van der Waals surface area contributed by atoms with Crippen molar-refractivity contribution in [3.63, 3.8) is 0 Å². The normalized spacial score (nSPS) is 13.1. The van der Waals surface area contributed by atoms with Crippen LogP contribution in [0.3, 0.4) is 0 Å². The van der Waals surface area contributed by atoms with Crippen molar-refractivity contribution >= 4 is 22.9 Å². The second kappa shape index (κ2) is 5.37. The fraction of sp³-hybridized carbons (Fsp3) is 0. The number of para-hydroxylation sites is 3. The monoisotopic (exact) mass is 285 g/mol. The Morgan fingerprint density at radius 2 is 1.32 bits per heavy atom. The molecule has 0 bridgehead atoms. The highest BCUT2D eigenvalue weighted by atomic mass is 15.5. The summed E-state index contributed by atoms with van der Waals surface area (Å²) in [6.07, 6.45) is 0. The first-order valence-electron chi connectivity index (χ1n) is 7.27. The van der Waals surface area contributed by atoms with Gasteiger partial charge in [-0.2, -0.15) is 0 Å². The number of hydrazone groups is 1. The van der Waals surface area contributed by atoms with E-state index in [2.05, 4.69) is 41.7 Å². The summed E-state index contributed by atoms with van der Waals surface area (Å²) in [4.78, 5) is 0. The van der Waals surface area contributed by atoms with Crippen molar-refractivity contribution in [1.82, 2.24) is 0 Å². The van der Waals surface area contributed by atoms with E-state index >= 15 is 0 Å². The molecule has 1 heterocycles. The van der Waals surface area contributed by atoms with Crippen molar-refractivity contribution in [1.29, 1.82) is 0 Å². The smallest absolute Gasteiger partial charge is 0.158 e. The van der Waals surface area contributed by atoms with Gasteiger partial charge in [0, 0.05) is 5.56 Å². The standard InChI is InChI=1S/C19H15N3/c1-3-9-15(10-4-1)19-20-17-13-7-8-14-18(17)22(21-19)16-11-5-2-6-12-16/h1-14H,(H,20,21). The Balaban J connectivity index is 1.85. The van der Waals surface area contributed by atoms with Crippen molar-refractivity contribution in [3.05, 3.63) is 90.5 Å². The van der Waals surface area contributed by atoms with Gasteiger partial charge in [0.15, 0.2) is 5.84 Å². The molecule has 0 aliphatic carbocycles. The van der Waals surface area contributed by atoms with Gasteiger partial charge in [-0.1, -0.05) is 60.7 Å². The van der Waals surface area contributed by atoms with E-state index in [1.807, 2.05) is 53.5 Å². The molecule has 0 saturated carbocycles. The zero-order valence-electron chi connectivity index (χ0n) is 12.0. The second-order valence-corrected chi connectivity index (χ2v) is 5.10. The molecule has 22 heavy (non-hydrogen) atoms. The van der Waals surface area contributed by atoms with E-state index in [1.165, 1.54) is 0 Å². The van der Waals surface area contributed by atoms with E-state index in [4.69, 9.17) is 5.10 Å². The molecule has 0 unspecified atom stereocenters. The SMILES string of the molecule is c1ccc(C2=NN(c3ccccc3)c3ccccc3N2)cc1. The number of fused-ring (bicyclic) bond motifs is 1. The van der Waals surface area contributed by atoms with E-state index < -0.39 is 0 Å². The highest BCUT2D eigenvalue weighted by Gasteiger charge is 2.20. The molecule has 0 fully saturated rings. The van der Waals surface area contributed by atoms with E-state index in [0.717, 1.165) is 28.5 Å². The Labute approximate surface area is 129 Å². The third kappa shape index (κ3) is 2.23. The van der Waals surface area contributed by atoms with Gasteiger partial charge in [-0.25, -0.2) is 5.01 Å². The third-order valence-corrected chi connectivity index (χ3v) is 3.63. The lowest BCUT2D eigenvalue weighted by atomic mass is 10.1. The molecule has 3 aromatic carbocycles. The quantitative estimate of drug-likeness (QED) is 0.744. The first-order valence-corrected chi connectivity index (χ1v) is 7.27. The Morgan fingerprint density at radius 1 is 0.682 bits per heavy atom. The summed E-state index contributed by atoms with van der Waals surface area (Å²) in [5.41, 5.74) is 4.22. The lowest BCUT2D eigenvalue weighted by Crippen LogP contribution is -2.26. The first kappa shape index (κ1) is 12.7. The molecule has 0 radical (unpaired) electrons. The number of anilines is 3. The highest BCUT2D eigenvalue weighted by Crippen LogP contribution is 2.35. The summed E-state index contributed by atoms with van der Waals surface area (Å²) < 4.78 is 0. The van der Waals surface area contributed by atoms with Crippen LogP contribution in [-0.4, -0.2) is 5.84 Å². The first-order chi connectivity index (χ1) is 10.9. The summed E-state index contributed by atoms with van der Waals surface area (Å²) in [5, 5.41) is 10.2. The van der Waals surface area contributed by atoms with Crippen LogP contribution < -0.4 is 10.3 Å². The van der Waals surface area contributed by atoms with Crippen LogP contribution in [-0.2, 0) is 0 Å². The highest BCUT2D eigenvalue weighted by molar-refractivity contribution is 6.12. The van der Waals surface area contributed by atoms with Crippen LogP contribution in [0.5, 0.6) is 0 Å². The minimum Gasteiger partial charge on any atom is -0.337 e. The van der Waals surface area contributed by atoms with Crippen LogP contribution in [0.2, 0.25) is 0 Å². The molecule has 0 atom stereocenters. The van der Waals surface area contributed by atoms with Gasteiger partial charge in [0.2, 0.25) is 0 Å². The number of benzene rings is 3. The van der Waals surface area contributed by atoms with Crippen molar-refractivity contribution in [2.75, 3.05) is 10.3 Å². The molecule has 1 N–H and O–H groups in total. The summed E-state index contributed by atoms with van der Waals surface area (Å²) >= 11 is 0. The molecule has 106 valence electrons. The molecule has 3 nitrogen and oxygen atoms in total. The zero-order valence-corrected chi connectivity index (χ0v) is 12.0. The van der Waals surface area contributed by atoms with E-state index in [0.29, 0.717) is 0 Å².